The molecule has 8 heteroatoms. The molecule has 0 aromatic heterocycles. The molecule has 0 heterocycles. The highest BCUT2D eigenvalue weighted by molar-refractivity contribution is 7.85. The predicted octanol–water partition coefficient (Wildman–Crippen LogP) is 3.10. The van der Waals surface area contributed by atoms with Crippen LogP contribution in [0.4, 0.5) is 4.39 Å². The normalized spacial score (nSPS) is 14.5. The van der Waals surface area contributed by atoms with Crippen LogP contribution in [0.3, 0.4) is 0 Å². The number of benzene rings is 2. The van der Waals surface area contributed by atoms with Crippen LogP contribution in [0.2, 0.25) is 0 Å². The van der Waals surface area contributed by atoms with Crippen molar-refractivity contribution in [1.82, 2.24) is 0 Å². The van der Waals surface area contributed by atoms with Gasteiger partial charge in [-0.25, -0.2) is 17.6 Å². The van der Waals surface area contributed by atoms with E-state index in [1.807, 2.05) is 26.0 Å². The topological polar surface area (TPSA) is 92.7 Å². The molecule has 0 unspecified atom stereocenters. The highest BCUT2D eigenvalue weighted by Crippen LogP contribution is 2.37. The largest absolute Gasteiger partial charge is 0.748 e. The fraction of sp³-hybridized carbons (Fsp3) is 0.381. The lowest BCUT2D eigenvalue weighted by atomic mass is 9.88. The molecule has 0 atom stereocenters. The van der Waals surface area contributed by atoms with Crippen molar-refractivity contribution < 1.29 is 31.6 Å². The lowest BCUT2D eigenvalue weighted by Crippen LogP contribution is -2.38. The Morgan fingerprint density at radius 2 is 1.79 bits per heavy atom. The van der Waals surface area contributed by atoms with E-state index < -0.39 is 39.9 Å². The Kier molecular flexibility index (Phi) is 5.95. The summed E-state index contributed by atoms with van der Waals surface area (Å²) in [5.41, 5.74) is 1.81. The molecule has 0 aliphatic heterocycles. The van der Waals surface area contributed by atoms with Crippen molar-refractivity contribution in [3.05, 3.63) is 65.0 Å². The van der Waals surface area contributed by atoms with E-state index in [-0.39, 0.29) is 17.2 Å². The second-order valence-corrected chi connectivity index (χ2v) is 9.15. The molecule has 0 amide bonds. The molecule has 29 heavy (non-hydrogen) atoms. The minimum Gasteiger partial charge on any atom is -0.748 e. The van der Waals surface area contributed by atoms with Gasteiger partial charge in [0.15, 0.2) is 11.6 Å². The summed E-state index contributed by atoms with van der Waals surface area (Å²) in [6, 6.07) is 11.7. The van der Waals surface area contributed by atoms with Crippen LogP contribution in [-0.4, -0.2) is 36.9 Å². The summed E-state index contributed by atoms with van der Waals surface area (Å²) in [7, 11) is -4.48. The van der Waals surface area contributed by atoms with Gasteiger partial charge in [-0.15, -0.1) is 0 Å². The highest BCUT2D eigenvalue weighted by atomic mass is 32.2. The van der Waals surface area contributed by atoms with Crippen molar-refractivity contribution in [3.63, 3.8) is 0 Å². The monoisotopic (exact) mass is 421 g/mol. The van der Waals surface area contributed by atoms with Gasteiger partial charge in [-0.2, -0.15) is 0 Å². The van der Waals surface area contributed by atoms with Crippen molar-refractivity contribution in [3.8, 4) is 5.75 Å². The third kappa shape index (κ3) is 5.33. The molecule has 2 aromatic carbocycles. The Hall–Kier alpha value is -2.45. The van der Waals surface area contributed by atoms with Crippen molar-refractivity contribution in [2.75, 3.05) is 12.4 Å². The van der Waals surface area contributed by atoms with E-state index >= 15 is 0 Å². The van der Waals surface area contributed by atoms with Crippen LogP contribution in [0.25, 0.3) is 0 Å². The Morgan fingerprint density at radius 1 is 1.17 bits per heavy atom. The summed E-state index contributed by atoms with van der Waals surface area (Å²) in [4.78, 5) is 12.1. The maximum absolute atomic E-state index is 14.3. The second-order valence-electron chi connectivity index (χ2n) is 7.62. The number of ether oxygens (including phenoxy) is 2. The van der Waals surface area contributed by atoms with Gasteiger partial charge >= 0.3 is 5.97 Å². The summed E-state index contributed by atoms with van der Waals surface area (Å²) in [5.74, 6) is -2.25. The number of hydrogen-bond acceptors (Lipinski definition) is 6. The average molecular weight is 421 g/mol. The summed E-state index contributed by atoms with van der Waals surface area (Å²) in [5, 5.41) is 0. The van der Waals surface area contributed by atoms with Gasteiger partial charge < -0.3 is 14.0 Å². The molecule has 0 spiro atoms. The molecule has 0 fully saturated rings. The van der Waals surface area contributed by atoms with Crippen molar-refractivity contribution in [2.24, 2.45) is 5.92 Å². The van der Waals surface area contributed by atoms with Gasteiger partial charge in [0.05, 0.1) is 21.4 Å². The lowest BCUT2D eigenvalue weighted by molar-refractivity contribution is 0.0428. The standard InChI is InChI=1S/C21H23FO6S/c1-21(2,17-11-14-5-3-4-6-15(14)12-17)28-19-13-16(7-8-18(19)22)20(23)27-9-10-29(24,25)26/h3-8,13,17H,9-12H2,1-2H3,(H,24,25,26)/p-1. The smallest absolute Gasteiger partial charge is 0.338 e. The second kappa shape index (κ2) is 8.12. The van der Waals surface area contributed by atoms with E-state index in [2.05, 4.69) is 12.1 Å². The molecule has 0 saturated heterocycles. The maximum Gasteiger partial charge on any atom is 0.338 e. The van der Waals surface area contributed by atoms with Gasteiger partial charge in [0.25, 0.3) is 0 Å². The van der Waals surface area contributed by atoms with Crippen LogP contribution in [0.15, 0.2) is 42.5 Å². The molecule has 0 saturated carbocycles. The van der Waals surface area contributed by atoms with Crippen LogP contribution in [-0.2, 0) is 27.7 Å². The first-order valence-corrected chi connectivity index (χ1v) is 10.8. The van der Waals surface area contributed by atoms with E-state index in [0.29, 0.717) is 0 Å². The molecule has 1 aliphatic carbocycles. The van der Waals surface area contributed by atoms with E-state index in [0.717, 1.165) is 18.9 Å². The number of halogens is 1. The summed E-state index contributed by atoms with van der Waals surface area (Å²) < 4.78 is 56.9. The fourth-order valence-electron chi connectivity index (χ4n) is 3.45. The molecule has 6 nitrogen and oxygen atoms in total. The summed E-state index contributed by atoms with van der Waals surface area (Å²) in [6.45, 7) is 3.20. The Labute approximate surface area is 169 Å². The molecule has 156 valence electrons. The Morgan fingerprint density at radius 3 is 2.38 bits per heavy atom. The molecular formula is C21H22FO6S-. The Bertz CT molecular complexity index is 991. The Balaban J connectivity index is 1.70. The lowest BCUT2D eigenvalue weighted by Gasteiger charge is -2.33. The predicted molar refractivity (Wildman–Crippen MR) is 103 cm³/mol. The zero-order chi connectivity index (χ0) is 21.2. The van der Waals surface area contributed by atoms with Gasteiger partial charge in [-0.1, -0.05) is 24.3 Å². The van der Waals surface area contributed by atoms with Gasteiger partial charge in [-0.05, 0) is 56.0 Å². The molecule has 0 N–H and O–H groups in total. The highest BCUT2D eigenvalue weighted by Gasteiger charge is 2.36. The number of fused-ring (bicyclic) bond motifs is 1. The number of carbonyl (C=O) groups excluding carboxylic acids is 1. The molecule has 0 radical (unpaired) electrons. The summed E-state index contributed by atoms with van der Waals surface area (Å²) >= 11 is 0. The first kappa shape index (κ1) is 21.3. The molecular weight excluding hydrogens is 399 g/mol. The van der Waals surface area contributed by atoms with Crippen molar-refractivity contribution in [2.45, 2.75) is 32.3 Å². The van der Waals surface area contributed by atoms with E-state index in [1.165, 1.54) is 23.3 Å². The zero-order valence-corrected chi connectivity index (χ0v) is 17.0. The van der Waals surface area contributed by atoms with Gasteiger partial charge in [-0.3, -0.25) is 0 Å². The van der Waals surface area contributed by atoms with Crippen LogP contribution >= 0.6 is 0 Å². The SMILES string of the molecule is CC(C)(Oc1cc(C(=O)OCCS(=O)(=O)[O-])ccc1F)C1Cc2ccccc2C1. The molecule has 0 bridgehead atoms. The minimum absolute atomic E-state index is 0.00945. The number of hydrogen-bond donors (Lipinski definition) is 0. The van der Waals surface area contributed by atoms with Crippen LogP contribution in [0.5, 0.6) is 5.75 Å². The maximum atomic E-state index is 14.3. The molecule has 1 aliphatic rings. The van der Waals surface area contributed by atoms with E-state index in [4.69, 9.17) is 9.47 Å². The first-order chi connectivity index (χ1) is 13.5. The molecule has 3 rings (SSSR count). The van der Waals surface area contributed by atoms with E-state index in [1.54, 1.807) is 0 Å². The van der Waals surface area contributed by atoms with Crippen LogP contribution in [0, 0.1) is 11.7 Å². The molecule has 2 aromatic rings. The van der Waals surface area contributed by atoms with Crippen LogP contribution in [0.1, 0.15) is 35.3 Å². The minimum atomic E-state index is -4.48. The van der Waals surface area contributed by atoms with Gasteiger partial charge in [0.2, 0.25) is 0 Å². The van der Waals surface area contributed by atoms with Crippen LogP contribution < -0.4 is 4.74 Å². The fourth-order valence-corrected chi connectivity index (χ4v) is 3.73. The average Bonchev–Trinajstić information content (AvgIpc) is 3.07. The number of esters is 1. The number of rotatable bonds is 7. The van der Waals surface area contributed by atoms with Crippen molar-refractivity contribution >= 4 is 16.1 Å². The zero-order valence-electron chi connectivity index (χ0n) is 16.2. The number of carbonyl (C=O) groups is 1. The third-order valence-electron chi connectivity index (χ3n) is 5.14. The third-order valence-corrected chi connectivity index (χ3v) is 5.81. The van der Waals surface area contributed by atoms with Gasteiger partial charge in [0.1, 0.15) is 12.2 Å². The van der Waals surface area contributed by atoms with Crippen molar-refractivity contribution in [1.29, 1.82) is 0 Å². The quantitative estimate of drug-likeness (QED) is 0.504. The first-order valence-electron chi connectivity index (χ1n) is 9.21. The summed E-state index contributed by atoms with van der Waals surface area (Å²) in [6.07, 6.45) is 1.63. The van der Waals surface area contributed by atoms with Gasteiger partial charge in [0, 0.05) is 5.92 Å². The van der Waals surface area contributed by atoms with E-state index in [9.17, 15) is 22.2 Å².